The third kappa shape index (κ3) is 4.90. The van der Waals surface area contributed by atoms with Crippen molar-refractivity contribution in [3.8, 4) is 0 Å². The predicted molar refractivity (Wildman–Crippen MR) is 80.1 cm³/mol. The molecule has 0 bridgehead atoms. The second kappa shape index (κ2) is 7.84. The maximum Gasteiger partial charge on any atom is 0.129 e. The average molecular weight is 290 g/mol. The van der Waals surface area contributed by atoms with Crippen LogP contribution < -0.4 is 5.32 Å². The number of rotatable bonds is 7. The summed E-state index contributed by atoms with van der Waals surface area (Å²) in [5.41, 5.74) is 1.64. The summed E-state index contributed by atoms with van der Waals surface area (Å²) in [5, 5.41) is 3.42. The topological polar surface area (TPSA) is 24.9 Å². The molecule has 0 fully saturated rings. The molecule has 0 saturated heterocycles. The molecule has 1 aromatic heterocycles. The van der Waals surface area contributed by atoms with E-state index in [2.05, 4.69) is 17.2 Å². The summed E-state index contributed by atoms with van der Waals surface area (Å²) in [6.45, 7) is 2.96. The van der Waals surface area contributed by atoms with E-state index in [0.29, 0.717) is 12.0 Å². The fourth-order valence-electron chi connectivity index (χ4n) is 2.32. The van der Waals surface area contributed by atoms with Crippen LogP contribution in [0.15, 0.2) is 42.7 Å². The minimum absolute atomic E-state index is 0.106. The second-order valence-corrected chi connectivity index (χ2v) is 5.16. The van der Waals surface area contributed by atoms with Crippen LogP contribution in [0, 0.1) is 11.6 Å². The van der Waals surface area contributed by atoms with Gasteiger partial charge in [-0.05, 0) is 49.1 Å². The Bertz CT molecular complexity index is 558. The Labute approximate surface area is 124 Å². The summed E-state index contributed by atoms with van der Waals surface area (Å²) in [6.07, 6.45) is 5.86. The molecule has 112 valence electrons. The number of halogens is 2. The largest absolute Gasteiger partial charge is 0.313 e. The van der Waals surface area contributed by atoms with Gasteiger partial charge in [-0.2, -0.15) is 0 Å². The molecule has 0 radical (unpaired) electrons. The summed E-state index contributed by atoms with van der Waals surface area (Å²) >= 11 is 0. The number of aromatic nitrogens is 1. The lowest BCUT2D eigenvalue weighted by Gasteiger charge is -2.19. The van der Waals surface area contributed by atoms with E-state index in [0.717, 1.165) is 31.0 Å². The van der Waals surface area contributed by atoms with Crippen molar-refractivity contribution in [2.24, 2.45) is 0 Å². The summed E-state index contributed by atoms with van der Waals surface area (Å²) in [6, 6.07) is 7.78. The van der Waals surface area contributed by atoms with Crippen molar-refractivity contribution in [3.63, 3.8) is 0 Å². The number of hydrogen-bond acceptors (Lipinski definition) is 2. The van der Waals surface area contributed by atoms with Gasteiger partial charge in [-0.3, -0.25) is 4.98 Å². The highest BCUT2D eigenvalue weighted by atomic mass is 19.1. The standard InChI is InChI=1S/C17H20F2N2/c1-2-7-21-16(9-13-4-3-8-20-12-13)10-14-5-6-15(18)11-17(14)19/h3-6,8,11-12,16,21H,2,7,9-10H2,1H3. The van der Waals surface area contributed by atoms with Gasteiger partial charge < -0.3 is 5.32 Å². The van der Waals surface area contributed by atoms with Crippen molar-refractivity contribution in [1.29, 1.82) is 0 Å². The minimum atomic E-state index is -0.540. The molecule has 1 unspecified atom stereocenters. The molecular weight excluding hydrogens is 270 g/mol. The van der Waals surface area contributed by atoms with Gasteiger partial charge in [0.1, 0.15) is 11.6 Å². The molecule has 2 nitrogen and oxygen atoms in total. The molecule has 0 saturated carbocycles. The van der Waals surface area contributed by atoms with Crippen molar-refractivity contribution in [2.75, 3.05) is 6.54 Å². The Morgan fingerprint density at radius 1 is 1.19 bits per heavy atom. The molecule has 1 N–H and O–H groups in total. The zero-order valence-electron chi connectivity index (χ0n) is 12.2. The maximum atomic E-state index is 13.8. The van der Waals surface area contributed by atoms with E-state index in [4.69, 9.17) is 0 Å². The Balaban J connectivity index is 2.08. The van der Waals surface area contributed by atoms with Crippen LogP contribution in [-0.2, 0) is 12.8 Å². The molecule has 2 aromatic rings. The normalized spacial score (nSPS) is 12.3. The van der Waals surface area contributed by atoms with Gasteiger partial charge in [-0.25, -0.2) is 8.78 Å². The van der Waals surface area contributed by atoms with Crippen LogP contribution in [0.2, 0.25) is 0 Å². The van der Waals surface area contributed by atoms with Gasteiger partial charge in [0.05, 0.1) is 0 Å². The maximum absolute atomic E-state index is 13.8. The van der Waals surface area contributed by atoms with Gasteiger partial charge in [0.2, 0.25) is 0 Å². The number of pyridine rings is 1. The van der Waals surface area contributed by atoms with Gasteiger partial charge >= 0.3 is 0 Å². The van der Waals surface area contributed by atoms with E-state index < -0.39 is 11.6 Å². The Hall–Kier alpha value is -1.81. The zero-order valence-corrected chi connectivity index (χ0v) is 12.2. The van der Waals surface area contributed by atoms with Gasteiger partial charge in [-0.1, -0.05) is 19.1 Å². The van der Waals surface area contributed by atoms with Crippen molar-refractivity contribution < 1.29 is 8.78 Å². The van der Waals surface area contributed by atoms with E-state index in [1.807, 2.05) is 18.3 Å². The molecule has 0 aliphatic heterocycles. The lowest BCUT2D eigenvalue weighted by atomic mass is 9.99. The molecular formula is C17H20F2N2. The third-order valence-electron chi connectivity index (χ3n) is 3.37. The van der Waals surface area contributed by atoms with Crippen molar-refractivity contribution in [1.82, 2.24) is 10.3 Å². The summed E-state index contributed by atoms with van der Waals surface area (Å²) in [5.74, 6) is -1.02. The van der Waals surface area contributed by atoms with Crippen molar-refractivity contribution in [2.45, 2.75) is 32.2 Å². The summed E-state index contributed by atoms with van der Waals surface area (Å²) < 4.78 is 26.8. The van der Waals surface area contributed by atoms with Crippen molar-refractivity contribution in [3.05, 3.63) is 65.5 Å². The third-order valence-corrected chi connectivity index (χ3v) is 3.37. The van der Waals surface area contributed by atoms with Gasteiger partial charge in [-0.15, -0.1) is 0 Å². The Morgan fingerprint density at radius 2 is 2.05 bits per heavy atom. The molecule has 2 rings (SSSR count). The zero-order chi connectivity index (χ0) is 15.1. The van der Waals surface area contributed by atoms with Gasteiger partial charge in [0.15, 0.2) is 0 Å². The molecule has 1 atom stereocenters. The molecule has 0 amide bonds. The fourth-order valence-corrected chi connectivity index (χ4v) is 2.32. The number of hydrogen-bond donors (Lipinski definition) is 1. The van der Waals surface area contributed by atoms with E-state index in [1.165, 1.54) is 12.1 Å². The van der Waals surface area contributed by atoms with Gasteiger partial charge in [0.25, 0.3) is 0 Å². The highest BCUT2D eigenvalue weighted by Crippen LogP contribution is 2.14. The van der Waals surface area contributed by atoms with Crippen LogP contribution >= 0.6 is 0 Å². The van der Waals surface area contributed by atoms with Crippen LogP contribution in [0.3, 0.4) is 0 Å². The molecule has 1 aromatic carbocycles. The first-order chi connectivity index (χ1) is 10.2. The quantitative estimate of drug-likeness (QED) is 0.844. The van der Waals surface area contributed by atoms with E-state index in [1.54, 1.807) is 6.20 Å². The summed E-state index contributed by atoms with van der Waals surface area (Å²) in [4.78, 5) is 4.10. The lowest BCUT2D eigenvalue weighted by Crippen LogP contribution is -2.34. The highest BCUT2D eigenvalue weighted by molar-refractivity contribution is 5.21. The SMILES string of the molecule is CCCNC(Cc1cccnc1)Cc1ccc(F)cc1F. The molecule has 21 heavy (non-hydrogen) atoms. The summed E-state index contributed by atoms with van der Waals surface area (Å²) in [7, 11) is 0. The smallest absolute Gasteiger partial charge is 0.129 e. The number of benzene rings is 1. The van der Waals surface area contributed by atoms with E-state index >= 15 is 0 Å². The molecule has 0 spiro atoms. The van der Waals surface area contributed by atoms with Crippen LogP contribution in [0.25, 0.3) is 0 Å². The molecule has 4 heteroatoms. The number of nitrogens with one attached hydrogen (secondary N) is 1. The Kier molecular flexibility index (Phi) is 5.81. The molecule has 0 aliphatic rings. The van der Waals surface area contributed by atoms with E-state index in [9.17, 15) is 8.78 Å². The predicted octanol–water partition coefficient (Wildman–Crippen LogP) is 3.51. The first-order valence-electron chi connectivity index (χ1n) is 7.25. The molecule has 0 aliphatic carbocycles. The minimum Gasteiger partial charge on any atom is -0.313 e. The average Bonchev–Trinajstić information content (AvgIpc) is 2.48. The monoisotopic (exact) mass is 290 g/mol. The van der Waals surface area contributed by atoms with E-state index in [-0.39, 0.29) is 6.04 Å². The first kappa shape index (κ1) is 15.6. The van der Waals surface area contributed by atoms with Crippen LogP contribution in [0.1, 0.15) is 24.5 Å². The lowest BCUT2D eigenvalue weighted by molar-refractivity contribution is 0.489. The number of nitrogens with zero attached hydrogens (tertiary/aromatic N) is 1. The van der Waals surface area contributed by atoms with Crippen molar-refractivity contribution >= 4 is 0 Å². The van der Waals surface area contributed by atoms with Crippen LogP contribution in [0.4, 0.5) is 8.78 Å². The second-order valence-electron chi connectivity index (χ2n) is 5.16. The highest BCUT2D eigenvalue weighted by Gasteiger charge is 2.13. The van der Waals surface area contributed by atoms with Gasteiger partial charge in [0, 0.05) is 24.5 Å². The van der Waals surface area contributed by atoms with Crippen LogP contribution in [0.5, 0.6) is 0 Å². The fraction of sp³-hybridized carbons (Fsp3) is 0.353. The first-order valence-corrected chi connectivity index (χ1v) is 7.25. The van der Waals surface area contributed by atoms with Crippen LogP contribution in [-0.4, -0.2) is 17.6 Å². The Morgan fingerprint density at radius 3 is 2.71 bits per heavy atom. The molecule has 1 heterocycles.